The Kier molecular flexibility index (Phi) is 3.80. The van der Waals surface area contributed by atoms with Crippen LogP contribution >= 0.6 is 0 Å². The average Bonchev–Trinajstić information content (AvgIpc) is 2.39. The highest BCUT2D eigenvalue weighted by molar-refractivity contribution is 5.92. The summed E-state index contributed by atoms with van der Waals surface area (Å²) in [5.41, 5.74) is 7.82. The minimum atomic E-state index is -0.627. The van der Waals surface area contributed by atoms with Crippen LogP contribution < -0.4 is 11.1 Å². The van der Waals surface area contributed by atoms with Crippen LogP contribution in [0, 0.1) is 12.7 Å². The number of anilines is 1. The van der Waals surface area contributed by atoms with Gasteiger partial charge in [0.05, 0.1) is 0 Å². The van der Waals surface area contributed by atoms with Gasteiger partial charge in [0.15, 0.2) is 0 Å². The molecule has 1 amide bonds. The van der Waals surface area contributed by atoms with E-state index in [1.165, 1.54) is 6.07 Å². The number of nitrogens with two attached hydrogens (primary N) is 1. The van der Waals surface area contributed by atoms with E-state index in [0.29, 0.717) is 12.1 Å². The highest BCUT2D eigenvalue weighted by Crippen LogP contribution is 2.16. The summed E-state index contributed by atoms with van der Waals surface area (Å²) in [6.07, 6.45) is 0. The number of amides is 1. The topological polar surface area (TPSA) is 55.1 Å². The Morgan fingerprint density at radius 3 is 2.63 bits per heavy atom. The van der Waals surface area contributed by atoms with Gasteiger partial charge < -0.3 is 11.1 Å². The maximum absolute atomic E-state index is 13.8. The molecule has 2 rings (SSSR count). The fourth-order valence-corrected chi connectivity index (χ4v) is 1.81. The Bertz CT molecular complexity index is 611. The number of para-hydroxylation sites is 1. The number of primary amides is 1. The lowest BCUT2D eigenvalue weighted by molar-refractivity contribution is 0.1000. The molecule has 98 valence electrons. The zero-order valence-electron chi connectivity index (χ0n) is 10.6. The van der Waals surface area contributed by atoms with Crippen molar-refractivity contribution in [3.8, 4) is 0 Å². The average molecular weight is 258 g/mol. The maximum Gasteiger partial charge on any atom is 0.248 e. The third-order valence-corrected chi connectivity index (χ3v) is 2.95. The molecular formula is C15H15FN2O. The second-order valence-corrected chi connectivity index (χ2v) is 4.34. The zero-order valence-corrected chi connectivity index (χ0v) is 10.6. The van der Waals surface area contributed by atoms with E-state index in [9.17, 15) is 9.18 Å². The number of carbonyl (C=O) groups is 1. The van der Waals surface area contributed by atoms with Crippen molar-refractivity contribution in [2.45, 2.75) is 13.5 Å². The largest absolute Gasteiger partial charge is 0.381 e. The summed E-state index contributed by atoms with van der Waals surface area (Å²) in [5, 5.41) is 3.16. The molecule has 0 aromatic heterocycles. The number of carbonyl (C=O) groups excluding carboxylic acids is 1. The SMILES string of the molecule is Cc1ccccc1NCc1ccc(C(N)=O)cc1F. The third kappa shape index (κ3) is 3.10. The highest BCUT2D eigenvalue weighted by Gasteiger charge is 2.07. The summed E-state index contributed by atoms with van der Waals surface area (Å²) in [6, 6.07) is 12.0. The van der Waals surface area contributed by atoms with Crippen LogP contribution in [0.3, 0.4) is 0 Å². The summed E-state index contributed by atoms with van der Waals surface area (Å²) in [5.74, 6) is -1.06. The molecule has 2 aromatic carbocycles. The van der Waals surface area contributed by atoms with Gasteiger partial charge >= 0.3 is 0 Å². The molecule has 0 atom stereocenters. The van der Waals surface area contributed by atoms with Crippen molar-refractivity contribution >= 4 is 11.6 Å². The van der Waals surface area contributed by atoms with Crippen molar-refractivity contribution < 1.29 is 9.18 Å². The summed E-state index contributed by atoms with van der Waals surface area (Å²) in [4.78, 5) is 10.9. The minimum Gasteiger partial charge on any atom is -0.381 e. The quantitative estimate of drug-likeness (QED) is 0.886. The van der Waals surface area contributed by atoms with Crippen molar-refractivity contribution in [1.29, 1.82) is 0 Å². The van der Waals surface area contributed by atoms with Crippen molar-refractivity contribution in [2.24, 2.45) is 5.73 Å². The molecule has 0 radical (unpaired) electrons. The number of aryl methyl sites for hydroxylation is 1. The van der Waals surface area contributed by atoms with Crippen molar-refractivity contribution in [1.82, 2.24) is 0 Å². The number of halogens is 1. The molecule has 0 aliphatic heterocycles. The molecule has 0 spiro atoms. The van der Waals surface area contributed by atoms with Crippen LogP contribution in [-0.2, 0) is 6.54 Å². The minimum absolute atomic E-state index is 0.178. The molecule has 0 saturated heterocycles. The number of nitrogens with one attached hydrogen (secondary N) is 1. The van der Waals surface area contributed by atoms with Gasteiger partial charge in [-0.25, -0.2) is 4.39 Å². The fraction of sp³-hybridized carbons (Fsp3) is 0.133. The normalized spacial score (nSPS) is 10.2. The van der Waals surface area contributed by atoms with Crippen LogP contribution in [0.15, 0.2) is 42.5 Å². The molecule has 2 aromatic rings. The Hall–Kier alpha value is -2.36. The maximum atomic E-state index is 13.8. The van der Waals surface area contributed by atoms with E-state index in [2.05, 4.69) is 5.32 Å². The van der Waals surface area contributed by atoms with E-state index in [1.54, 1.807) is 6.07 Å². The van der Waals surface area contributed by atoms with Crippen molar-refractivity contribution in [2.75, 3.05) is 5.32 Å². The third-order valence-electron chi connectivity index (χ3n) is 2.95. The molecule has 0 saturated carbocycles. The number of benzene rings is 2. The second kappa shape index (κ2) is 5.52. The zero-order chi connectivity index (χ0) is 13.8. The molecule has 3 nitrogen and oxygen atoms in total. The molecule has 3 N–H and O–H groups in total. The van der Waals surface area contributed by atoms with Gasteiger partial charge in [-0.3, -0.25) is 4.79 Å². The summed E-state index contributed by atoms with van der Waals surface area (Å²) in [6.45, 7) is 2.34. The molecule has 0 unspecified atom stereocenters. The van der Waals surface area contributed by atoms with E-state index in [-0.39, 0.29) is 5.56 Å². The second-order valence-electron chi connectivity index (χ2n) is 4.34. The van der Waals surface area contributed by atoms with Gasteiger partial charge in [-0.2, -0.15) is 0 Å². The van der Waals surface area contributed by atoms with Crippen LogP contribution in [0.1, 0.15) is 21.5 Å². The summed E-state index contributed by atoms with van der Waals surface area (Å²) < 4.78 is 13.8. The van der Waals surface area contributed by atoms with Crippen molar-refractivity contribution in [3.05, 3.63) is 65.0 Å². The van der Waals surface area contributed by atoms with E-state index < -0.39 is 11.7 Å². The van der Waals surface area contributed by atoms with Gasteiger partial charge in [0.1, 0.15) is 5.82 Å². The van der Waals surface area contributed by atoms with E-state index in [0.717, 1.165) is 17.3 Å². The molecule has 0 aliphatic carbocycles. The molecular weight excluding hydrogens is 243 g/mol. The Labute approximate surface area is 111 Å². The van der Waals surface area contributed by atoms with Gasteiger partial charge in [-0.05, 0) is 30.7 Å². The van der Waals surface area contributed by atoms with Crippen LogP contribution in [0.5, 0.6) is 0 Å². The molecule has 19 heavy (non-hydrogen) atoms. The number of hydrogen-bond donors (Lipinski definition) is 2. The van der Waals surface area contributed by atoms with Gasteiger partial charge in [-0.15, -0.1) is 0 Å². The summed E-state index contributed by atoms with van der Waals surface area (Å²) >= 11 is 0. The smallest absolute Gasteiger partial charge is 0.248 e. The highest BCUT2D eigenvalue weighted by atomic mass is 19.1. The van der Waals surface area contributed by atoms with E-state index in [1.807, 2.05) is 31.2 Å². The van der Waals surface area contributed by atoms with Gasteiger partial charge in [0, 0.05) is 23.4 Å². The Balaban J connectivity index is 2.12. The monoisotopic (exact) mass is 258 g/mol. The first-order chi connectivity index (χ1) is 9.08. The van der Waals surface area contributed by atoms with Crippen LogP contribution in [0.4, 0.5) is 10.1 Å². The first-order valence-corrected chi connectivity index (χ1v) is 5.95. The van der Waals surface area contributed by atoms with Gasteiger partial charge in [0.25, 0.3) is 0 Å². The van der Waals surface area contributed by atoms with Gasteiger partial charge in [0.2, 0.25) is 5.91 Å². The molecule has 0 bridgehead atoms. The molecule has 0 fully saturated rings. The lowest BCUT2D eigenvalue weighted by Gasteiger charge is -2.10. The Morgan fingerprint density at radius 2 is 2.00 bits per heavy atom. The Morgan fingerprint density at radius 1 is 1.26 bits per heavy atom. The van der Waals surface area contributed by atoms with Crippen LogP contribution in [-0.4, -0.2) is 5.91 Å². The number of hydrogen-bond acceptors (Lipinski definition) is 2. The standard InChI is InChI=1S/C15H15FN2O/c1-10-4-2-3-5-14(10)18-9-12-7-6-11(15(17)19)8-13(12)16/h2-8,18H,9H2,1H3,(H2,17,19). The molecule has 0 aliphatic rings. The molecule has 0 heterocycles. The van der Waals surface area contributed by atoms with E-state index in [4.69, 9.17) is 5.73 Å². The van der Waals surface area contributed by atoms with E-state index >= 15 is 0 Å². The first kappa shape index (κ1) is 13.1. The predicted molar refractivity (Wildman–Crippen MR) is 73.4 cm³/mol. The summed E-state index contributed by atoms with van der Waals surface area (Å²) in [7, 11) is 0. The predicted octanol–water partition coefficient (Wildman–Crippen LogP) is 2.85. The lowest BCUT2D eigenvalue weighted by Crippen LogP contribution is -2.12. The van der Waals surface area contributed by atoms with Crippen LogP contribution in [0.2, 0.25) is 0 Å². The lowest BCUT2D eigenvalue weighted by atomic mass is 10.1. The van der Waals surface area contributed by atoms with Crippen LogP contribution in [0.25, 0.3) is 0 Å². The fourth-order valence-electron chi connectivity index (χ4n) is 1.81. The first-order valence-electron chi connectivity index (χ1n) is 5.95. The number of rotatable bonds is 4. The van der Waals surface area contributed by atoms with Crippen molar-refractivity contribution in [3.63, 3.8) is 0 Å². The molecule has 4 heteroatoms. The van der Waals surface area contributed by atoms with Gasteiger partial charge in [-0.1, -0.05) is 24.3 Å².